The van der Waals surface area contributed by atoms with E-state index in [0.29, 0.717) is 18.9 Å². The lowest BCUT2D eigenvalue weighted by molar-refractivity contribution is -0.133. The Morgan fingerprint density at radius 3 is 2.26 bits per heavy atom. The highest BCUT2D eigenvalue weighted by Crippen LogP contribution is 2.24. The van der Waals surface area contributed by atoms with Crippen molar-refractivity contribution < 1.29 is 9.90 Å². The van der Waals surface area contributed by atoms with Crippen molar-refractivity contribution in [2.75, 3.05) is 40.3 Å². The number of hydrogen-bond donors (Lipinski definition) is 1. The van der Waals surface area contributed by atoms with E-state index in [9.17, 15) is 9.90 Å². The Balaban J connectivity index is 1.63. The Hall–Kier alpha value is -2.17. The van der Waals surface area contributed by atoms with Gasteiger partial charge in [0.25, 0.3) is 0 Å². The first-order valence-corrected chi connectivity index (χ1v) is 9.73. The quantitative estimate of drug-likeness (QED) is 0.855. The van der Waals surface area contributed by atoms with Gasteiger partial charge in [-0.3, -0.25) is 4.79 Å². The third kappa shape index (κ3) is 5.41. The predicted octanol–water partition coefficient (Wildman–Crippen LogP) is 2.91. The third-order valence-corrected chi connectivity index (χ3v) is 5.27. The topological polar surface area (TPSA) is 43.8 Å². The molecule has 144 valence electrons. The fraction of sp³-hybridized carbons (Fsp3) is 0.435. The van der Waals surface area contributed by atoms with Crippen molar-refractivity contribution in [3.05, 3.63) is 60.2 Å². The summed E-state index contributed by atoms with van der Waals surface area (Å²) in [5.41, 5.74) is 3.38. The van der Waals surface area contributed by atoms with Gasteiger partial charge in [0.05, 0.1) is 6.42 Å². The number of aliphatic hydroxyl groups is 1. The second-order valence-corrected chi connectivity index (χ2v) is 7.95. The molecule has 0 spiro atoms. The molecule has 1 heterocycles. The third-order valence-electron chi connectivity index (χ3n) is 5.27. The molecule has 0 bridgehead atoms. The number of carbonyl (C=O) groups excluding carboxylic acids is 1. The molecular formula is C23H30N2O2. The van der Waals surface area contributed by atoms with Gasteiger partial charge in [-0.05, 0) is 49.0 Å². The predicted molar refractivity (Wildman–Crippen MR) is 109 cm³/mol. The smallest absolute Gasteiger partial charge is 0.227 e. The monoisotopic (exact) mass is 366 g/mol. The molecule has 1 aliphatic rings. The van der Waals surface area contributed by atoms with E-state index in [4.69, 9.17) is 0 Å². The highest BCUT2D eigenvalue weighted by atomic mass is 16.3. The minimum atomic E-state index is 0.152. The van der Waals surface area contributed by atoms with Crippen molar-refractivity contribution in [3.8, 4) is 11.1 Å². The second kappa shape index (κ2) is 9.16. The van der Waals surface area contributed by atoms with Gasteiger partial charge in [-0.15, -0.1) is 0 Å². The molecule has 4 nitrogen and oxygen atoms in total. The average molecular weight is 367 g/mol. The normalized spacial score (nSPS) is 20.1. The molecule has 2 aromatic rings. The van der Waals surface area contributed by atoms with Crippen LogP contribution in [0.15, 0.2) is 54.6 Å². The first-order chi connectivity index (χ1) is 13.0. The van der Waals surface area contributed by atoms with Crippen LogP contribution in [-0.2, 0) is 11.2 Å². The summed E-state index contributed by atoms with van der Waals surface area (Å²) < 4.78 is 0. The van der Waals surface area contributed by atoms with Gasteiger partial charge in [-0.1, -0.05) is 54.6 Å². The fourth-order valence-corrected chi connectivity index (χ4v) is 4.04. The minimum absolute atomic E-state index is 0.152. The van der Waals surface area contributed by atoms with Crippen LogP contribution in [0.2, 0.25) is 0 Å². The molecule has 4 heteroatoms. The lowest BCUT2D eigenvalue weighted by atomic mass is 9.89. The van der Waals surface area contributed by atoms with Crippen molar-refractivity contribution in [3.63, 3.8) is 0 Å². The molecule has 3 rings (SSSR count). The fourth-order valence-electron chi connectivity index (χ4n) is 4.04. The number of rotatable bonds is 6. The number of benzene rings is 2. The average Bonchev–Trinajstić information content (AvgIpc) is 2.68. The van der Waals surface area contributed by atoms with Crippen LogP contribution in [-0.4, -0.2) is 61.2 Å². The maximum absolute atomic E-state index is 12.8. The largest absolute Gasteiger partial charge is 0.396 e. The van der Waals surface area contributed by atoms with E-state index in [2.05, 4.69) is 43.3 Å². The van der Waals surface area contributed by atoms with E-state index >= 15 is 0 Å². The SMILES string of the molecule is CN(C)C[C@H]1C[C@H](CO)CN(C(=O)Cc2ccc(-c3ccccc3)cc2)C1. The zero-order valence-electron chi connectivity index (χ0n) is 16.3. The molecule has 1 N–H and O–H groups in total. The molecule has 0 radical (unpaired) electrons. The summed E-state index contributed by atoms with van der Waals surface area (Å²) in [6, 6.07) is 18.5. The Labute approximate surface area is 162 Å². The van der Waals surface area contributed by atoms with Crippen LogP contribution in [0.3, 0.4) is 0 Å². The number of carbonyl (C=O) groups is 1. The van der Waals surface area contributed by atoms with Gasteiger partial charge in [0.15, 0.2) is 0 Å². The Morgan fingerprint density at radius 1 is 1.00 bits per heavy atom. The Bertz CT molecular complexity index is 728. The highest BCUT2D eigenvalue weighted by molar-refractivity contribution is 5.79. The molecule has 2 atom stereocenters. The molecule has 1 fully saturated rings. The minimum Gasteiger partial charge on any atom is -0.396 e. The number of piperidine rings is 1. The van der Waals surface area contributed by atoms with Crippen LogP contribution < -0.4 is 0 Å². The van der Waals surface area contributed by atoms with Crippen molar-refractivity contribution in [1.82, 2.24) is 9.80 Å². The summed E-state index contributed by atoms with van der Waals surface area (Å²) in [6.45, 7) is 2.56. The van der Waals surface area contributed by atoms with E-state index in [1.54, 1.807) is 0 Å². The van der Waals surface area contributed by atoms with Crippen LogP contribution in [0.25, 0.3) is 11.1 Å². The first kappa shape index (κ1) is 19.6. The standard InChI is InChI=1S/C23H30N2O2/c1-24(2)14-19-12-20(17-26)16-25(15-19)23(27)13-18-8-10-22(11-9-18)21-6-4-3-5-7-21/h3-11,19-20,26H,12-17H2,1-2H3/t19-,20+/m1/s1. The summed E-state index contributed by atoms with van der Waals surface area (Å²) in [5.74, 6) is 0.771. The van der Waals surface area contributed by atoms with Crippen LogP contribution in [0.5, 0.6) is 0 Å². The summed E-state index contributed by atoms with van der Waals surface area (Å²) >= 11 is 0. The number of likely N-dealkylation sites (tertiary alicyclic amines) is 1. The van der Waals surface area contributed by atoms with Crippen molar-refractivity contribution >= 4 is 5.91 Å². The van der Waals surface area contributed by atoms with Gasteiger partial charge in [0.1, 0.15) is 0 Å². The zero-order chi connectivity index (χ0) is 19.2. The van der Waals surface area contributed by atoms with Crippen molar-refractivity contribution in [1.29, 1.82) is 0 Å². The maximum atomic E-state index is 12.8. The summed E-state index contributed by atoms with van der Waals surface area (Å²) in [6.07, 6.45) is 1.41. The molecule has 1 aliphatic heterocycles. The van der Waals surface area contributed by atoms with Gasteiger partial charge < -0.3 is 14.9 Å². The molecule has 27 heavy (non-hydrogen) atoms. The molecule has 0 aromatic heterocycles. The zero-order valence-corrected chi connectivity index (χ0v) is 16.3. The number of hydrogen-bond acceptors (Lipinski definition) is 3. The summed E-state index contributed by atoms with van der Waals surface area (Å²) in [4.78, 5) is 17.0. The summed E-state index contributed by atoms with van der Waals surface area (Å²) in [7, 11) is 4.12. The van der Waals surface area contributed by atoms with Crippen LogP contribution in [0.1, 0.15) is 12.0 Å². The van der Waals surface area contributed by atoms with E-state index in [-0.39, 0.29) is 18.4 Å². The van der Waals surface area contributed by atoms with Crippen LogP contribution in [0.4, 0.5) is 0 Å². The molecule has 1 saturated heterocycles. The van der Waals surface area contributed by atoms with Crippen LogP contribution in [0, 0.1) is 11.8 Å². The van der Waals surface area contributed by atoms with Gasteiger partial charge in [-0.25, -0.2) is 0 Å². The van der Waals surface area contributed by atoms with E-state index in [0.717, 1.165) is 30.6 Å². The van der Waals surface area contributed by atoms with E-state index in [1.807, 2.05) is 35.2 Å². The molecule has 0 aliphatic carbocycles. The van der Waals surface area contributed by atoms with Gasteiger partial charge >= 0.3 is 0 Å². The van der Waals surface area contributed by atoms with E-state index in [1.165, 1.54) is 5.56 Å². The number of aliphatic hydroxyl groups excluding tert-OH is 1. The van der Waals surface area contributed by atoms with Crippen molar-refractivity contribution in [2.45, 2.75) is 12.8 Å². The molecule has 0 unspecified atom stereocenters. The van der Waals surface area contributed by atoms with E-state index < -0.39 is 0 Å². The van der Waals surface area contributed by atoms with Crippen LogP contribution >= 0.6 is 0 Å². The number of amides is 1. The Morgan fingerprint density at radius 2 is 1.63 bits per heavy atom. The second-order valence-electron chi connectivity index (χ2n) is 7.95. The molecule has 0 saturated carbocycles. The molecular weight excluding hydrogens is 336 g/mol. The molecule has 2 aromatic carbocycles. The lowest BCUT2D eigenvalue weighted by Crippen LogP contribution is -2.47. The maximum Gasteiger partial charge on any atom is 0.227 e. The molecule has 1 amide bonds. The van der Waals surface area contributed by atoms with Crippen molar-refractivity contribution in [2.24, 2.45) is 11.8 Å². The Kier molecular flexibility index (Phi) is 6.64. The highest BCUT2D eigenvalue weighted by Gasteiger charge is 2.29. The first-order valence-electron chi connectivity index (χ1n) is 9.73. The van der Waals surface area contributed by atoms with Gasteiger partial charge in [0, 0.05) is 26.2 Å². The summed E-state index contributed by atoms with van der Waals surface area (Å²) in [5, 5.41) is 9.62. The lowest BCUT2D eigenvalue weighted by Gasteiger charge is -2.38. The number of nitrogens with zero attached hydrogens (tertiary/aromatic N) is 2. The van der Waals surface area contributed by atoms with Gasteiger partial charge in [0.2, 0.25) is 5.91 Å². The van der Waals surface area contributed by atoms with Gasteiger partial charge in [-0.2, -0.15) is 0 Å².